The summed E-state index contributed by atoms with van der Waals surface area (Å²) in [5.41, 5.74) is -0.137. The van der Waals surface area contributed by atoms with Gasteiger partial charge in [0.15, 0.2) is 0 Å². The Kier molecular flexibility index (Phi) is 6.30. The molecule has 1 aromatic heterocycles. The Morgan fingerprint density at radius 1 is 1.10 bits per heavy atom. The monoisotopic (exact) mass is 495 g/mol. The number of hydrogen-bond acceptors (Lipinski definition) is 6. The van der Waals surface area contributed by atoms with Crippen molar-refractivity contribution in [3.63, 3.8) is 0 Å². The Balaban J connectivity index is 1.82. The van der Waals surface area contributed by atoms with Crippen LogP contribution in [0.5, 0.6) is 0 Å². The fourth-order valence-electron chi connectivity index (χ4n) is 2.45. The van der Waals surface area contributed by atoms with Crippen molar-refractivity contribution in [2.24, 2.45) is 0 Å². The summed E-state index contributed by atoms with van der Waals surface area (Å²) in [6.07, 6.45) is 0. The molecule has 0 aliphatic carbocycles. The third kappa shape index (κ3) is 5.19. The number of sulfonamides is 1. The number of nitrogens with zero attached hydrogens (tertiary/aromatic N) is 1. The molecule has 150 valence electrons. The molecule has 0 atom stereocenters. The molecule has 1 amide bonds. The van der Waals surface area contributed by atoms with E-state index in [2.05, 4.69) is 26.0 Å². The predicted molar refractivity (Wildman–Crippen MR) is 114 cm³/mol. The summed E-state index contributed by atoms with van der Waals surface area (Å²) >= 11 is 4.83. The second-order valence-electron chi connectivity index (χ2n) is 5.79. The molecule has 11 heteroatoms. The SMILES string of the molecule is O=C(NCc1ccc(Br)s1)c1ccccc1NS(=O)(=O)c1cccc([N+](=O)[O-])c1. The number of non-ortho nitro benzene ring substituents is 1. The summed E-state index contributed by atoms with van der Waals surface area (Å²) in [5, 5.41) is 13.7. The Bertz CT molecular complexity index is 1180. The molecule has 0 spiro atoms. The zero-order valence-corrected chi connectivity index (χ0v) is 17.9. The molecule has 0 saturated carbocycles. The largest absolute Gasteiger partial charge is 0.347 e. The first-order valence-electron chi connectivity index (χ1n) is 8.15. The number of benzene rings is 2. The summed E-state index contributed by atoms with van der Waals surface area (Å²) in [4.78, 5) is 23.5. The highest BCUT2D eigenvalue weighted by atomic mass is 79.9. The molecule has 0 bridgehead atoms. The van der Waals surface area contributed by atoms with E-state index in [9.17, 15) is 23.3 Å². The van der Waals surface area contributed by atoms with Gasteiger partial charge in [-0.3, -0.25) is 19.6 Å². The summed E-state index contributed by atoms with van der Waals surface area (Å²) in [6.45, 7) is 0.293. The first-order valence-corrected chi connectivity index (χ1v) is 11.2. The maximum atomic E-state index is 12.7. The zero-order valence-electron chi connectivity index (χ0n) is 14.7. The highest BCUT2D eigenvalue weighted by Gasteiger charge is 2.20. The first kappa shape index (κ1) is 21.0. The van der Waals surface area contributed by atoms with Crippen LogP contribution in [0.4, 0.5) is 11.4 Å². The number of para-hydroxylation sites is 1. The number of nitrogens with one attached hydrogen (secondary N) is 2. The number of anilines is 1. The Labute approximate surface area is 178 Å². The van der Waals surface area contributed by atoms with Gasteiger partial charge in [-0.2, -0.15) is 0 Å². The van der Waals surface area contributed by atoms with Crippen molar-refractivity contribution < 1.29 is 18.1 Å². The van der Waals surface area contributed by atoms with Crippen LogP contribution in [-0.2, 0) is 16.6 Å². The van der Waals surface area contributed by atoms with Gasteiger partial charge < -0.3 is 5.32 Å². The van der Waals surface area contributed by atoms with Gasteiger partial charge in [0.1, 0.15) is 0 Å². The molecule has 0 saturated heterocycles. The number of carbonyl (C=O) groups is 1. The van der Waals surface area contributed by atoms with Crippen LogP contribution in [0.3, 0.4) is 0 Å². The first-order chi connectivity index (χ1) is 13.8. The van der Waals surface area contributed by atoms with Gasteiger partial charge in [-0.05, 0) is 46.3 Å². The standard InChI is InChI=1S/C18H14BrN3O5S2/c19-17-9-8-13(28-17)11-20-18(23)15-6-1-2-7-16(15)21-29(26,27)14-5-3-4-12(10-14)22(24)25/h1-10,21H,11H2,(H,20,23). The molecule has 0 radical (unpaired) electrons. The topological polar surface area (TPSA) is 118 Å². The highest BCUT2D eigenvalue weighted by molar-refractivity contribution is 9.11. The molecule has 0 aliphatic rings. The predicted octanol–water partition coefficient (Wildman–Crippen LogP) is 4.15. The van der Waals surface area contributed by atoms with Gasteiger partial charge in [-0.1, -0.05) is 18.2 Å². The highest BCUT2D eigenvalue weighted by Crippen LogP contribution is 2.24. The van der Waals surface area contributed by atoms with Crippen LogP contribution in [0.15, 0.2) is 69.3 Å². The average Bonchev–Trinajstić information content (AvgIpc) is 3.11. The van der Waals surface area contributed by atoms with E-state index in [-0.39, 0.29) is 21.8 Å². The molecular weight excluding hydrogens is 482 g/mol. The minimum absolute atomic E-state index is 0.0730. The van der Waals surface area contributed by atoms with Gasteiger partial charge in [0.25, 0.3) is 21.6 Å². The lowest BCUT2D eigenvalue weighted by molar-refractivity contribution is -0.385. The number of nitro benzene ring substituents is 1. The molecule has 3 aromatic rings. The molecule has 1 heterocycles. The van der Waals surface area contributed by atoms with Gasteiger partial charge in [0.2, 0.25) is 0 Å². The summed E-state index contributed by atoms with van der Waals surface area (Å²) in [6, 6.07) is 14.6. The summed E-state index contributed by atoms with van der Waals surface area (Å²) in [5.74, 6) is -0.452. The Morgan fingerprint density at radius 3 is 2.55 bits per heavy atom. The number of carbonyl (C=O) groups excluding carboxylic acids is 1. The van der Waals surface area contributed by atoms with Crippen LogP contribution in [-0.4, -0.2) is 19.2 Å². The van der Waals surface area contributed by atoms with Gasteiger partial charge in [-0.15, -0.1) is 11.3 Å². The number of nitro groups is 1. The maximum Gasteiger partial charge on any atom is 0.270 e. The van der Waals surface area contributed by atoms with E-state index >= 15 is 0 Å². The van der Waals surface area contributed by atoms with E-state index in [1.165, 1.54) is 41.7 Å². The van der Waals surface area contributed by atoms with Crippen LogP contribution < -0.4 is 10.0 Å². The van der Waals surface area contributed by atoms with Gasteiger partial charge >= 0.3 is 0 Å². The maximum absolute atomic E-state index is 12.7. The molecular formula is C18H14BrN3O5S2. The quantitative estimate of drug-likeness (QED) is 0.376. The van der Waals surface area contributed by atoms with Crippen molar-refractivity contribution in [1.29, 1.82) is 0 Å². The number of rotatable bonds is 7. The third-order valence-corrected chi connectivity index (χ3v) is 6.79. The van der Waals surface area contributed by atoms with Gasteiger partial charge in [0.05, 0.1) is 31.4 Å². The second kappa shape index (κ2) is 8.72. The normalized spacial score (nSPS) is 11.1. The van der Waals surface area contributed by atoms with Gasteiger partial charge in [0, 0.05) is 17.0 Å². The minimum atomic E-state index is -4.13. The molecule has 0 aliphatic heterocycles. The van der Waals surface area contributed by atoms with Crippen molar-refractivity contribution >= 4 is 54.6 Å². The average molecular weight is 496 g/mol. The fraction of sp³-hybridized carbons (Fsp3) is 0.0556. The van der Waals surface area contributed by atoms with Crippen molar-refractivity contribution in [3.05, 3.63) is 85.0 Å². The van der Waals surface area contributed by atoms with Gasteiger partial charge in [-0.25, -0.2) is 8.42 Å². The third-order valence-electron chi connectivity index (χ3n) is 3.81. The zero-order chi connectivity index (χ0) is 21.0. The van der Waals surface area contributed by atoms with E-state index in [1.807, 2.05) is 12.1 Å². The number of amides is 1. The van der Waals surface area contributed by atoms with Crippen LogP contribution in [0.25, 0.3) is 0 Å². The van der Waals surface area contributed by atoms with E-state index in [1.54, 1.807) is 12.1 Å². The molecule has 0 unspecified atom stereocenters. The van der Waals surface area contributed by atoms with Crippen LogP contribution >= 0.6 is 27.3 Å². The van der Waals surface area contributed by atoms with Crippen LogP contribution in [0, 0.1) is 10.1 Å². The van der Waals surface area contributed by atoms with Crippen molar-refractivity contribution in [1.82, 2.24) is 5.32 Å². The summed E-state index contributed by atoms with van der Waals surface area (Å²) in [7, 11) is -4.13. The number of thiophene rings is 1. The number of hydrogen-bond donors (Lipinski definition) is 2. The lowest BCUT2D eigenvalue weighted by Gasteiger charge is -2.12. The molecule has 3 rings (SSSR count). The van der Waals surface area contributed by atoms with E-state index in [4.69, 9.17) is 0 Å². The van der Waals surface area contributed by atoms with E-state index < -0.39 is 20.9 Å². The molecule has 8 nitrogen and oxygen atoms in total. The minimum Gasteiger partial charge on any atom is -0.347 e. The second-order valence-corrected chi connectivity index (χ2v) is 10.0. The Morgan fingerprint density at radius 2 is 1.86 bits per heavy atom. The molecule has 29 heavy (non-hydrogen) atoms. The van der Waals surface area contributed by atoms with E-state index in [0.717, 1.165) is 14.7 Å². The van der Waals surface area contributed by atoms with Crippen LogP contribution in [0.2, 0.25) is 0 Å². The Hall–Kier alpha value is -2.76. The molecule has 2 aromatic carbocycles. The fourth-order valence-corrected chi connectivity index (χ4v) is 4.99. The lowest BCUT2D eigenvalue weighted by Crippen LogP contribution is -2.24. The van der Waals surface area contributed by atoms with Crippen LogP contribution in [0.1, 0.15) is 15.2 Å². The van der Waals surface area contributed by atoms with Crippen molar-refractivity contribution in [2.75, 3.05) is 4.72 Å². The van der Waals surface area contributed by atoms with Crippen molar-refractivity contribution in [2.45, 2.75) is 11.4 Å². The smallest absolute Gasteiger partial charge is 0.270 e. The van der Waals surface area contributed by atoms with Crippen molar-refractivity contribution in [3.8, 4) is 0 Å². The molecule has 2 N–H and O–H groups in total. The van der Waals surface area contributed by atoms with E-state index in [0.29, 0.717) is 6.54 Å². The summed E-state index contributed by atoms with van der Waals surface area (Å²) < 4.78 is 28.6. The number of halogens is 1. The molecule has 0 fully saturated rings. The lowest BCUT2D eigenvalue weighted by atomic mass is 10.1.